The summed E-state index contributed by atoms with van der Waals surface area (Å²) < 4.78 is 26.6. The molecule has 0 saturated carbocycles. The minimum atomic E-state index is -4.24. The molecule has 0 radical (unpaired) electrons. The molecule has 0 aliphatic rings. The van der Waals surface area contributed by atoms with Crippen molar-refractivity contribution < 1.29 is 28.5 Å². The van der Waals surface area contributed by atoms with Gasteiger partial charge >= 0.3 is 6.01 Å². The topological polar surface area (TPSA) is 162 Å². The molecule has 2 aromatic rings. The normalized spacial score (nSPS) is 11.0. The molecule has 0 aliphatic carbocycles. The van der Waals surface area contributed by atoms with Crippen molar-refractivity contribution in [1.29, 1.82) is 0 Å². The highest BCUT2D eigenvalue weighted by Crippen LogP contribution is 2.28. The van der Waals surface area contributed by atoms with Gasteiger partial charge in [-0.2, -0.15) is 18.4 Å². The summed E-state index contributed by atoms with van der Waals surface area (Å²) in [5.74, 6) is -1.32. The summed E-state index contributed by atoms with van der Waals surface area (Å²) in [4.78, 5) is 17.9. The van der Waals surface area contributed by atoms with Gasteiger partial charge in [-0.05, 0) is 18.2 Å². The van der Waals surface area contributed by atoms with Gasteiger partial charge in [-0.3, -0.25) is 9.52 Å². The molecule has 0 saturated heterocycles. The average Bonchev–Trinajstić information content (AvgIpc) is 2.49. The molecule has 10 nitrogen and oxygen atoms in total. The number of nitrogens with one attached hydrogen (secondary N) is 2. The molecule has 0 unspecified atom stereocenters. The van der Waals surface area contributed by atoms with Gasteiger partial charge in [0, 0.05) is 12.5 Å². The van der Waals surface area contributed by atoms with Crippen LogP contribution in [0.25, 0.3) is 0 Å². The van der Waals surface area contributed by atoms with E-state index < -0.39 is 26.9 Å². The Labute approximate surface area is 136 Å². The summed E-state index contributed by atoms with van der Waals surface area (Å²) in [5, 5.41) is 29.9. The van der Waals surface area contributed by atoms with E-state index in [4.69, 9.17) is 0 Å². The summed E-state index contributed by atoms with van der Waals surface area (Å²) >= 11 is 0. The zero-order valence-corrected chi connectivity index (χ0v) is 13.2. The number of carbonyl (C=O) groups is 1. The van der Waals surface area contributed by atoms with Gasteiger partial charge in [0.05, 0.1) is 11.4 Å². The Morgan fingerprint density at radius 3 is 2.50 bits per heavy atom. The van der Waals surface area contributed by atoms with Crippen molar-refractivity contribution in [2.45, 2.75) is 18.4 Å². The van der Waals surface area contributed by atoms with Gasteiger partial charge in [-0.15, -0.1) is 0 Å². The molecule has 1 amide bonds. The molecule has 24 heavy (non-hydrogen) atoms. The minimum absolute atomic E-state index is 0.0235. The van der Waals surface area contributed by atoms with Gasteiger partial charge in [0.2, 0.25) is 11.8 Å². The smallest absolute Gasteiger partial charge is 0.318 e. The number of hydrogen-bond acceptors (Lipinski definition) is 8. The number of nitrogens with zero attached hydrogens (tertiary/aromatic N) is 2. The van der Waals surface area contributed by atoms with Crippen LogP contribution < -0.4 is 10.0 Å². The second kappa shape index (κ2) is 6.58. The number of aromatic nitrogens is 2. The van der Waals surface area contributed by atoms with Crippen molar-refractivity contribution in [1.82, 2.24) is 9.97 Å². The van der Waals surface area contributed by atoms with Gasteiger partial charge in [0.15, 0.2) is 5.03 Å². The van der Waals surface area contributed by atoms with E-state index in [-0.39, 0.29) is 29.5 Å². The number of aromatic hydroxyl groups is 3. The predicted molar refractivity (Wildman–Crippen MR) is 83.2 cm³/mol. The fraction of sp³-hybridized carbons (Fsp3) is 0.154. The maximum atomic E-state index is 12.2. The average molecular weight is 354 g/mol. The van der Waals surface area contributed by atoms with Crippen LogP contribution in [0.2, 0.25) is 0 Å². The van der Waals surface area contributed by atoms with Crippen LogP contribution in [0.5, 0.6) is 17.6 Å². The van der Waals surface area contributed by atoms with Crippen LogP contribution in [-0.2, 0) is 14.8 Å². The number of phenolic OH excluding ortho intramolecular Hbond substituents is 1. The van der Waals surface area contributed by atoms with Crippen molar-refractivity contribution in [3.05, 3.63) is 24.3 Å². The van der Waals surface area contributed by atoms with E-state index in [1.807, 2.05) is 0 Å². The Morgan fingerprint density at radius 1 is 1.17 bits per heavy atom. The first-order chi connectivity index (χ1) is 11.2. The van der Waals surface area contributed by atoms with E-state index >= 15 is 0 Å². The fourth-order valence-electron chi connectivity index (χ4n) is 1.68. The Hall–Kier alpha value is -3.08. The van der Waals surface area contributed by atoms with Crippen molar-refractivity contribution >= 4 is 27.3 Å². The lowest BCUT2D eigenvalue weighted by molar-refractivity contribution is -0.115. The van der Waals surface area contributed by atoms with E-state index in [0.717, 1.165) is 6.07 Å². The summed E-state index contributed by atoms with van der Waals surface area (Å²) in [6.45, 7) is 1.62. The summed E-state index contributed by atoms with van der Waals surface area (Å²) in [5.41, 5.74) is 0.0484. The van der Waals surface area contributed by atoms with E-state index in [0.29, 0.717) is 0 Å². The first-order valence-corrected chi connectivity index (χ1v) is 8.12. The van der Waals surface area contributed by atoms with Gasteiger partial charge in [0.1, 0.15) is 5.75 Å². The Balaban J connectivity index is 2.32. The lowest BCUT2D eigenvalue weighted by Crippen LogP contribution is -2.15. The number of rotatable bonds is 5. The van der Waals surface area contributed by atoms with E-state index in [1.165, 1.54) is 18.2 Å². The SMILES string of the molecule is CCC(=O)Nc1cc(NS(=O)(=O)c2cc(O)nc(O)n2)ccc1O. The van der Waals surface area contributed by atoms with Gasteiger partial charge in [-0.25, -0.2) is 0 Å². The lowest BCUT2D eigenvalue weighted by atomic mass is 10.2. The second-order valence-corrected chi connectivity index (χ2v) is 6.23. The third-order valence-corrected chi connectivity index (χ3v) is 4.06. The molecule has 1 aromatic carbocycles. The molecule has 1 aromatic heterocycles. The number of anilines is 2. The van der Waals surface area contributed by atoms with Crippen LogP contribution in [0.15, 0.2) is 29.3 Å². The number of carbonyl (C=O) groups excluding carboxylic acids is 1. The molecule has 0 atom stereocenters. The molecule has 0 fully saturated rings. The molecule has 0 aliphatic heterocycles. The standard InChI is InChI=1S/C13H14N4O6S/c1-2-10(19)14-8-5-7(3-4-9(8)18)17-24(22,23)12-6-11(20)15-13(21)16-12/h3-6,17-18H,2H2,1H3,(H,14,19)(H2,15,16,20,21). The van der Waals surface area contributed by atoms with Crippen LogP contribution in [0.1, 0.15) is 13.3 Å². The molecule has 11 heteroatoms. The first-order valence-electron chi connectivity index (χ1n) is 6.64. The Morgan fingerprint density at radius 2 is 1.88 bits per heavy atom. The van der Waals surface area contributed by atoms with Gasteiger partial charge in [-0.1, -0.05) is 6.92 Å². The zero-order valence-electron chi connectivity index (χ0n) is 12.4. The van der Waals surface area contributed by atoms with Crippen LogP contribution in [0.4, 0.5) is 11.4 Å². The minimum Gasteiger partial charge on any atom is -0.506 e. The van der Waals surface area contributed by atoms with Crippen molar-refractivity contribution in [3.8, 4) is 17.6 Å². The highest BCUT2D eigenvalue weighted by molar-refractivity contribution is 7.92. The van der Waals surface area contributed by atoms with Crippen LogP contribution in [0, 0.1) is 0 Å². The number of hydrogen-bond donors (Lipinski definition) is 5. The molecule has 5 N–H and O–H groups in total. The van der Waals surface area contributed by atoms with Crippen molar-refractivity contribution in [2.24, 2.45) is 0 Å². The van der Waals surface area contributed by atoms with E-state index in [1.54, 1.807) is 6.92 Å². The summed E-state index contributed by atoms with van der Waals surface area (Å²) in [6, 6.07) is 3.51. The quantitative estimate of drug-likeness (QED) is 0.298. The molecular formula is C13H14N4O6S. The van der Waals surface area contributed by atoms with Crippen molar-refractivity contribution in [3.63, 3.8) is 0 Å². The monoisotopic (exact) mass is 354 g/mol. The van der Waals surface area contributed by atoms with Gasteiger partial charge in [0.25, 0.3) is 10.0 Å². The molecule has 0 bridgehead atoms. The lowest BCUT2D eigenvalue weighted by Gasteiger charge is -2.11. The van der Waals surface area contributed by atoms with Gasteiger partial charge < -0.3 is 20.6 Å². The number of sulfonamides is 1. The van der Waals surface area contributed by atoms with Crippen LogP contribution >= 0.6 is 0 Å². The molecule has 2 rings (SSSR count). The number of benzene rings is 1. The first kappa shape index (κ1) is 17.3. The zero-order chi connectivity index (χ0) is 17.9. The second-order valence-electron chi connectivity index (χ2n) is 4.60. The number of amides is 1. The maximum absolute atomic E-state index is 12.2. The Kier molecular flexibility index (Phi) is 4.74. The Bertz CT molecular complexity index is 864. The van der Waals surface area contributed by atoms with E-state index in [9.17, 15) is 28.5 Å². The summed E-state index contributed by atoms with van der Waals surface area (Å²) in [6.07, 6.45) is 0.175. The predicted octanol–water partition coefficient (Wildman–Crippen LogP) is 0.743. The third kappa shape index (κ3) is 4.01. The van der Waals surface area contributed by atoms with Crippen LogP contribution in [0.3, 0.4) is 0 Å². The van der Waals surface area contributed by atoms with Crippen LogP contribution in [-0.4, -0.2) is 39.6 Å². The van der Waals surface area contributed by atoms with Crippen molar-refractivity contribution in [2.75, 3.05) is 10.0 Å². The fourth-order valence-corrected chi connectivity index (χ4v) is 2.69. The molecule has 128 valence electrons. The van der Waals surface area contributed by atoms with E-state index in [2.05, 4.69) is 20.0 Å². The molecule has 1 heterocycles. The summed E-state index contributed by atoms with van der Waals surface area (Å²) in [7, 11) is -4.24. The third-order valence-electron chi connectivity index (χ3n) is 2.80. The largest absolute Gasteiger partial charge is 0.506 e. The molecular weight excluding hydrogens is 340 g/mol. The molecule has 0 spiro atoms. The maximum Gasteiger partial charge on any atom is 0.318 e. The number of phenols is 1. The highest BCUT2D eigenvalue weighted by Gasteiger charge is 2.19. The highest BCUT2D eigenvalue weighted by atomic mass is 32.2.